The molecule has 0 spiro atoms. The summed E-state index contributed by atoms with van der Waals surface area (Å²) < 4.78 is 12.9. The molecule has 4 aromatic rings. The molecule has 0 saturated carbocycles. The van der Waals surface area contributed by atoms with Gasteiger partial charge in [-0.05, 0) is 57.0 Å². The molecule has 2 aromatic carbocycles. The molecule has 1 fully saturated rings. The average molecular weight is 500 g/mol. The number of benzene rings is 2. The first-order chi connectivity index (χ1) is 18.1. The maximum Gasteiger partial charge on any atom is 0.223 e. The number of amides is 1. The van der Waals surface area contributed by atoms with Gasteiger partial charge in [-0.15, -0.1) is 0 Å². The lowest BCUT2D eigenvalue weighted by molar-refractivity contribution is -0.125. The number of carbonyl (C=O) groups excluding carboxylic acids is 1. The van der Waals surface area contributed by atoms with Gasteiger partial charge in [0.2, 0.25) is 5.91 Å². The SMILES string of the molecule is CCOc1ccccc1CNC(=O)C1CCN(c2cc(C)nc3cc(-c4ccc(OC)cc4)nn23)CC1. The Morgan fingerprint density at radius 2 is 1.84 bits per heavy atom. The van der Waals surface area contributed by atoms with Gasteiger partial charge in [0.05, 0.1) is 19.4 Å². The van der Waals surface area contributed by atoms with E-state index in [9.17, 15) is 4.79 Å². The van der Waals surface area contributed by atoms with Crippen molar-refractivity contribution in [2.24, 2.45) is 5.92 Å². The van der Waals surface area contributed by atoms with E-state index in [1.807, 2.05) is 73.0 Å². The van der Waals surface area contributed by atoms with Crippen molar-refractivity contribution in [3.05, 3.63) is 71.9 Å². The highest BCUT2D eigenvalue weighted by molar-refractivity contribution is 5.79. The fourth-order valence-electron chi connectivity index (χ4n) is 4.85. The minimum absolute atomic E-state index is 0.0126. The Hall–Kier alpha value is -4.07. The fourth-order valence-corrected chi connectivity index (χ4v) is 4.85. The van der Waals surface area contributed by atoms with Crippen molar-refractivity contribution < 1.29 is 14.3 Å². The van der Waals surface area contributed by atoms with Crippen LogP contribution in [0.4, 0.5) is 5.82 Å². The molecule has 1 aliphatic rings. The van der Waals surface area contributed by atoms with Crippen molar-refractivity contribution in [3.63, 3.8) is 0 Å². The molecule has 0 aliphatic carbocycles. The highest BCUT2D eigenvalue weighted by Gasteiger charge is 2.27. The zero-order chi connectivity index (χ0) is 25.8. The highest BCUT2D eigenvalue weighted by Crippen LogP contribution is 2.28. The summed E-state index contributed by atoms with van der Waals surface area (Å²) in [4.78, 5) is 20.0. The number of hydrogen-bond acceptors (Lipinski definition) is 6. The van der Waals surface area contributed by atoms with Crippen LogP contribution in [0.5, 0.6) is 11.5 Å². The van der Waals surface area contributed by atoms with Crippen LogP contribution in [0.15, 0.2) is 60.7 Å². The van der Waals surface area contributed by atoms with Crippen molar-refractivity contribution in [2.45, 2.75) is 33.2 Å². The molecule has 1 N–H and O–H groups in total. The zero-order valence-electron chi connectivity index (χ0n) is 21.6. The Morgan fingerprint density at radius 1 is 1.08 bits per heavy atom. The quantitative estimate of drug-likeness (QED) is 0.380. The Morgan fingerprint density at radius 3 is 2.57 bits per heavy atom. The summed E-state index contributed by atoms with van der Waals surface area (Å²) >= 11 is 0. The highest BCUT2D eigenvalue weighted by atomic mass is 16.5. The van der Waals surface area contributed by atoms with Gasteiger partial charge < -0.3 is 19.7 Å². The monoisotopic (exact) mass is 499 g/mol. The molecule has 8 nitrogen and oxygen atoms in total. The van der Waals surface area contributed by atoms with Crippen LogP contribution >= 0.6 is 0 Å². The van der Waals surface area contributed by atoms with Crippen molar-refractivity contribution in [1.29, 1.82) is 0 Å². The molecule has 1 amide bonds. The van der Waals surface area contributed by atoms with Gasteiger partial charge in [-0.1, -0.05) is 18.2 Å². The number of aromatic nitrogens is 3. The number of hydrogen-bond donors (Lipinski definition) is 1. The summed E-state index contributed by atoms with van der Waals surface area (Å²) in [5, 5.41) is 7.99. The largest absolute Gasteiger partial charge is 0.497 e. The lowest BCUT2D eigenvalue weighted by Crippen LogP contribution is -2.41. The smallest absolute Gasteiger partial charge is 0.223 e. The van der Waals surface area contributed by atoms with Crippen molar-refractivity contribution in [1.82, 2.24) is 19.9 Å². The third kappa shape index (κ3) is 5.38. The van der Waals surface area contributed by atoms with E-state index in [1.165, 1.54) is 0 Å². The summed E-state index contributed by atoms with van der Waals surface area (Å²) in [5.74, 6) is 2.73. The third-order valence-corrected chi connectivity index (χ3v) is 6.84. The predicted molar refractivity (Wildman–Crippen MR) is 144 cm³/mol. The number of fused-ring (bicyclic) bond motifs is 1. The van der Waals surface area contributed by atoms with Crippen LogP contribution in [0.25, 0.3) is 16.9 Å². The van der Waals surface area contributed by atoms with Crippen LogP contribution in [0.2, 0.25) is 0 Å². The second-order valence-corrected chi connectivity index (χ2v) is 9.30. The number of piperidine rings is 1. The van der Waals surface area contributed by atoms with E-state index in [4.69, 9.17) is 19.6 Å². The van der Waals surface area contributed by atoms with Crippen LogP contribution in [0.3, 0.4) is 0 Å². The molecular weight excluding hydrogens is 466 g/mol. The van der Waals surface area contributed by atoms with Crippen LogP contribution in [-0.4, -0.2) is 47.3 Å². The summed E-state index contributed by atoms with van der Waals surface area (Å²) in [6.07, 6.45) is 1.57. The van der Waals surface area contributed by atoms with E-state index in [1.54, 1.807) is 7.11 Å². The topological polar surface area (TPSA) is 81.0 Å². The number of rotatable bonds is 8. The van der Waals surface area contributed by atoms with Gasteiger partial charge in [0.15, 0.2) is 5.65 Å². The number of nitrogens with zero attached hydrogens (tertiary/aromatic N) is 4. The van der Waals surface area contributed by atoms with Crippen LogP contribution < -0.4 is 19.7 Å². The molecular formula is C29H33N5O3. The minimum atomic E-state index is -0.0126. The van der Waals surface area contributed by atoms with Gasteiger partial charge in [0.25, 0.3) is 0 Å². The number of ether oxygens (including phenoxy) is 2. The molecule has 0 bridgehead atoms. The lowest BCUT2D eigenvalue weighted by atomic mass is 9.95. The number of nitrogens with one attached hydrogen (secondary N) is 1. The van der Waals surface area contributed by atoms with E-state index in [0.29, 0.717) is 13.2 Å². The van der Waals surface area contributed by atoms with Gasteiger partial charge in [-0.2, -0.15) is 9.61 Å². The minimum Gasteiger partial charge on any atom is -0.497 e. The van der Waals surface area contributed by atoms with Gasteiger partial charge in [0, 0.05) is 54.5 Å². The van der Waals surface area contributed by atoms with Crippen LogP contribution in [-0.2, 0) is 11.3 Å². The summed E-state index contributed by atoms with van der Waals surface area (Å²) in [6, 6.07) is 19.8. The van der Waals surface area contributed by atoms with E-state index >= 15 is 0 Å². The molecule has 3 heterocycles. The standard InChI is InChI=1S/C29H33N5O3/c1-4-37-26-8-6-5-7-23(26)19-30-29(35)22-13-15-33(16-14-22)28-17-20(2)31-27-18-25(32-34(27)28)21-9-11-24(36-3)12-10-21/h5-12,17-18,22H,4,13-16,19H2,1-3H3,(H,30,35). The van der Waals surface area contributed by atoms with E-state index in [2.05, 4.69) is 16.3 Å². The van der Waals surface area contributed by atoms with E-state index in [0.717, 1.165) is 71.4 Å². The lowest BCUT2D eigenvalue weighted by Gasteiger charge is -2.33. The molecule has 0 unspecified atom stereocenters. The molecule has 192 valence electrons. The number of methoxy groups -OCH3 is 1. The van der Waals surface area contributed by atoms with Crippen LogP contribution in [0, 0.1) is 12.8 Å². The molecule has 2 aromatic heterocycles. The molecule has 1 aliphatic heterocycles. The average Bonchev–Trinajstić information content (AvgIpc) is 3.36. The Kier molecular flexibility index (Phi) is 7.25. The second kappa shape index (κ2) is 10.9. The Labute approximate surface area is 217 Å². The molecule has 0 atom stereocenters. The van der Waals surface area contributed by atoms with Gasteiger partial charge in [-0.25, -0.2) is 4.98 Å². The Bertz CT molecular complexity index is 1370. The number of anilines is 1. The first kappa shape index (κ1) is 24.6. The maximum atomic E-state index is 12.9. The summed E-state index contributed by atoms with van der Waals surface area (Å²) in [6.45, 7) is 6.60. The molecule has 8 heteroatoms. The van der Waals surface area contributed by atoms with Gasteiger partial charge in [-0.3, -0.25) is 4.79 Å². The second-order valence-electron chi connectivity index (χ2n) is 9.30. The van der Waals surface area contributed by atoms with Gasteiger partial charge in [0.1, 0.15) is 17.3 Å². The maximum absolute atomic E-state index is 12.9. The first-order valence-electron chi connectivity index (χ1n) is 12.8. The molecule has 1 saturated heterocycles. The molecule has 37 heavy (non-hydrogen) atoms. The van der Waals surface area contributed by atoms with Crippen molar-refractivity contribution in [3.8, 4) is 22.8 Å². The van der Waals surface area contributed by atoms with Gasteiger partial charge >= 0.3 is 0 Å². The number of aryl methyl sites for hydroxylation is 1. The molecule has 5 rings (SSSR count). The number of para-hydroxylation sites is 1. The summed E-state index contributed by atoms with van der Waals surface area (Å²) in [5.41, 5.74) is 4.63. The van der Waals surface area contributed by atoms with Crippen molar-refractivity contribution in [2.75, 3.05) is 31.7 Å². The predicted octanol–water partition coefficient (Wildman–Crippen LogP) is 4.64. The fraction of sp³-hybridized carbons (Fsp3) is 0.345. The number of carbonyl (C=O) groups is 1. The Balaban J connectivity index is 1.26. The normalized spacial score (nSPS) is 14.1. The van der Waals surface area contributed by atoms with E-state index < -0.39 is 0 Å². The van der Waals surface area contributed by atoms with Crippen LogP contribution in [0.1, 0.15) is 31.0 Å². The third-order valence-electron chi connectivity index (χ3n) is 6.84. The summed E-state index contributed by atoms with van der Waals surface area (Å²) in [7, 11) is 1.66. The molecule has 0 radical (unpaired) electrons. The van der Waals surface area contributed by atoms with Crippen molar-refractivity contribution >= 4 is 17.4 Å². The zero-order valence-corrected chi connectivity index (χ0v) is 21.6. The van der Waals surface area contributed by atoms with E-state index in [-0.39, 0.29) is 11.8 Å². The first-order valence-corrected chi connectivity index (χ1v) is 12.8.